The number of hydrogen-bond acceptors (Lipinski definition) is 6. The molecule has 2 rings (SSSR count). The van der Waals surface area contributed by atoms with Gasteiger partial charge in [0.1, 0.15) is 0 Å². The molecule has 0 radical (unpaired) electrons. The van der Waals surface area contributed by atoms with Gasteiger partial charge in [0.2, 0.25) is 5.91 Å². The molecular formula is C19H22ClN3O3S. The molecule has 0 aliphatic carbocycles. The summed E-state index contributed by atoms with van der Waals surface area (Å²) in [5, 5.41) is 3.89. The normalized spacial score (nSPS) is 11.7. The molecule has 0 aliphatic heterocycles. The molecule has 2 aromatic rings. The van der Waals surface area contributed by atoms with Crippen molar-refractivity contribution >= 4 is 35.2 Å². The summed E-state index contributed by atoms with van der Waals surface area (Å²) >= 11 is 7.49. The lowest BCUT2D eigenvalue weighted by atomic mass is 10.0. The van der Waals surface area contributed by atoms with Crippen molar-refractivity contribution in [2.75, 3.05) is 12.4 Å². The maximum Gasteiger partial charge on any atom is 0.308 e. The highest BCUT2D eigenvalue weighted by molar-refractivity contribution is 7.99. The number of benzene rings is 1. The van der Waals surface area contributed by atoms with Crippen LogP contribution in [-0.4, -0.2) is 34.2 Å². The predicted octanol–water partition coefficient (Wildman–Crippen LogP) is 3.65. The first-order valence-corrected chi connectivity index (χ1v) is 9.90. The zero-order chi connectivity index (χ0) is 19.8. The summed E-state index contributed by atoms with van der Waals surface area (Å²) in [6.45, 7) is 5.78. The van der Waals surface area contributed by atoms with E-state index >= 15 is 0 Å². The molecule has 1 heterocycles. The first kappa shape index (κ1) is 21.2. The van der Waals surface area contributed by atoms with Gasteiger partial charge >= 0.3 is 5.97 Å². The van der Waals surface area contributed by atoms with E-state index in [0.29, 0.717) is 15.7 Å². The third kappa shape index (κ3) is 6.84. The van der Waals surface area contributed by atoms with Crippen LogP contribution >= 0.6 is 23.4 Å². The smallest absolute Gasteiger partial charge is 0.308 e. The van der Waals surface area contributed by atoms with Crippen molar-refractivity contribution in [1.82, 2.24) is 15.3 Å². The minimum absolute atomic E-state index is 0.00797. The molecule has 0 saturated heterocycles. The second-order valence-corrected chi connectivity index (χ2v) is 7.22. The number of halogens is 1. The predicted molar refractivity (Wildman–Crippen MR) is 106 cm³/mol. The van der Waals surface area contributed by atoms with Gasteiger partial charge in [0.15, 0.2) is 5.16 Å². The fourth-order valence-corrected chi connectivity index (χ4v) is 3.54. The van der Waals surface area contributed by atoms with E-state index in [1.54, 1.807) is 25.1 Å². The number of esters is 1. The second-order valence-electron chi connectivity index (χ2n) is 5.87. The van der Waals surface area contributed by atoms with Crippen molar-refractivity contribution in [2.24, 2.45) is 0 Å². The second kappa shape index (κ2) is 10.3. The number of carbonyl (C=O) groups excluding carboxylic acids is 2. The average molecular weight is 408 g/mol. The monoisotopic (exact) mass is 407 g/mol. The van der Waals surface area contributed by atoms with Crippen molar-refractivity contribution < 1.29 is 14.3 Å². The highest BCUT2D eigenvalue weighted by Crippen LogP contribution is 2.26. The van der Waals surface area contributed by atoms with E-state index in [9.17, 15) is 9.59 Å². The summed E-state index contributed by atoms with van der Waals surface area (Å²) in [5.41, 5.74) is 2.37. The van der Waals surface area contributed by atoms with Crippen LogP contribution in [0.3, 0.4) is 0 Å². The summed E-state index contributed by atoms with van der Waals surface area (Å²) < 4.78 is 5.01. The number of nitrogens with zero attached hydrogens (tertiary/aromatic N) is 2. The standard InChI is InChI=1S/C19H22ClN3O3S/c1-4-26-18(25)10-16(14-7-5-6-8-15(14)20)23-17(24)11-27-19-21-12(2)9-13(3)22-19/h5-9,16H,4,10-11H2,1-3H3,(H,23,24). The zero-order valence-corrected chi connectivity index (χ0v) is 17.1. The Morgan fingerprint density at radius 3 is 2.52 bits per heavy atom. The summed E-state index contributed by atoms with van der Waals surface area (Å²) in [7, 11) is 0. The molecule has 1 amide bonds. The van der Waals surface area contributed by atoms with Crippen LogP contribution in [0.1, 0.15) is 36.3 Å². The molecular weight excluding hydrogens is 386 g/mol. The Morgan fingerprint density at radius 1 is 1.22 bits per heavy atom. The molecule has 0 saturated carbocycles. The minimum Gasteiger partial charge on any atom is -0.466 e. The van der Waals surface area contributed by atoms with Crippen LogP contribution in [0, 0.1) is 13.8 Å². The van der Waals surface area contributed by atoms with Gasteiger partial charge in [-0.1, -0.05) is 41.6 Å². The number of nitrogens with one attached hydrogen (secondary N) is 1. The Morgan fingerprint density at radius 2 is 1.89 bits per heavy atom. The number of rotatable bonds is 8. The molecule has 1 aromatic carbocycles. The van der Waals surface area contributed by atoms with Crippen LogP contribution in [0.2, 0.25) is 5.02 Å². The molecule has 1 N–H and O–H groups in total. The number of aryl methyl sites for hydroxylation is 2. The highest BCUT2D eigenvalue weighted by Gasteiger charge is 2.21. The van der Waals surface area contributed by atoms with Crippen LogP contribution < -0.4 is 5.32 Å². The Labute approximate surface area is 168 Å². The summed E-state index contributed by atoms with van der Waals surface area (Å²) in [6.07, 6.45) is 0.00797. The lowest BCUT2D eigenvalue weighted by Gasteiger charge is -2.19. The van der Waals surface area contributed by atoms with Crippen LogP contribution in [-0.2, 0) is 14.3 Å². The Hall–Kier alpha value is -2.12. The first-order chi connectivity index (χ1) is 12.9. The Bertz CT molecular complexity index is 796. The summed E-state index contributed by atoms with van der Waals surface area (Å²) in [4.78, 5) is 33.0. The van der Waals surface area contributed by atoms with Gasteiger partial charge in [-0.25, -0.2) is 9.97 Å². The van der Waals surface area contributed by atoms with Crippen LogP contribution in [0.4, 0.5) is 0 Å². The number of aromatic nitrogens is 2. The lowest BCUT2D eigenvalue weighted by molar-refractivity contribution is -0.143. The van der Waals surface area contributed by atoms with Gasteiger partial charge in [-0.3, -0.25) is 9.59 Å². The molecule has 8 heteroatoms. The molecule has 0 aliphatic rings. The third-order valence-electron chi connectivity index (χ3n) is 3.59. The van der Waals surface area contributed by atoms with Gasteiger partial charge in [-0.2, -0.15) is 0 Å². The molecule has 0 fully saturated rings. The first-order valence-electron chi connectivity index (χ1n) is 8.53. The number of hydrogen-bond donors (Lipinski definition) is 1. The van der Waals surface area contributed by atoms with Crippen molar-refractivity contribution in [2.45, 2.75) is 38.4 Å². The van der Waals surface area contributed by atoms with Crippen molar-refractivity contribution in [3.05, 3.63) is 52.3 Å². The highest BCUT2D eigenvalue weighted by atomic mass is 35.5. The van der Waals surface area contributed by atoms with Crippen molar-refractivity contribution in [3.8, 4) is 0 Å². The number of thioether (sulfide) groups is 1. The van der Waals surface area contributed by atoms with E-state index in [4.69, 9.17) is 16.3 Å². The lowest BCUT2D eigenvalue weighted by Crippen LogP contribution is -2.32. The van der Waals surface area contributed by atoms with Crippen molar-refractivity contribution in [3.63, 3.8) is 0 Å². The van der Waals surface area contributed by atoms with Crippen molar-refractivity contribution in [1.29, 1.82) is 0 Å². The largest absolute Gasteiger partial charge is 0.466 e. The Kier molecular flexibility index (Phi) is 8.06. The number of ether oxygens (including phenoxy) is 1. The van der Waals surface area contributed by atoms with Crippen LogP contribution in [0.25, 0.3) is 0 Å². The molecule has 1 atom stereocenters. The van der Waals surface area contributed by atoms with E-state index in [1.807, 2.05) is 26.0 Å². The molecule has 0 bridgehead atoms. The van der Waals surface area contributed by atoms with E-state index in [1.165, 1.54) is 11.8 Å². The van der Waals surface area contributed by atoms with E-state index in [-0.39, 0.29) is 24.7 Å². The summed E-state index contributed by atoms with van der Waals surface area (Å²) in [5.74, 6) is -0.503. The van der Waals surface area contributed by atoms with E-state index in [0.717, 1.165) is 11.4 Å². The molecule has 1 aromatic heterocycles. The molecule has 0 spiro atoms. The maximum atomic E-state index is 12.4. The molecule has 27 heavy (non-hydrogen) atoms. The number of carbonyl (C=O) groups is 2. The summed E-state index contributed by atoms with van der Waals surface area (Å²) in [6, 6.07) is 8.42. The van der Waals surface area contributed by atoms with Gasteiger partial charge in [0, 0.05) is 16.4 Å². The molecule has 144 valence electrons. The average Bonchev–Trinajstić information content (AvgIpc) is 2.59. The van der Waals surface area contributed by atoms with Crippen LogP contribution in [0.5, 0.6) is 0 Å². The topological polar surface area (TPSA) is 81.2 Å². The fourth-order valence-electron chi connectivity index (χ4n) is 2.51. The SMILES string of the molecule is CCOC(=O)CC(NC(=O)CSc1nc(C)cc(C)n1)c1ccccc1Cl. The molecule has 6 nitrogen and oxygen atoms in total. The fraction of sp³-hybridized carbons (Fsp3) is 0.368. The van der Waals surface area contributed by atoms with E-state index in [2.05, 4.69) is 15.3 Å². The van der Waals surface area contributed by atoms with Gasteiger partial charge in [-0.05, 0) is 38.5 Å². The van der Waals surface area contributed by atoms with Gasteiger partial charge < -0.3 is 10.1 Å². The maximum absolute atomic E-state index is 12.4. The van der Waals surface area contributed by atoms with Gasteiger partial charge in [-0.15, -0.1) is 0 Å². The van der Waals surface area contributed by atoms with Gasteiger partial charge in [0.05, 0.1) is 24.8 Å². The third-order valence-corrected chi connectivity index (χ3v) is 4.78. The minimum atomic E-state index is -0.564. The Balaban J connectivity index is 2.06. The van der Waals surface area contributed by atoms with Crippen LogP contribution in [0.15, 0.2) is 35.5 Å². The zero-order valence-electron chi connectivity index (χ0n) is 15.5. The van der Waals surface area contributed by atoms with Gasteiger partial charge in [0.25, 0.3) is 0 Å². The number of amides is 1. The van der Waals surface area contributed by atoms with E-state index < -0.39 is 12.0 Å². The quantitative estimate of drug-likeness (QED) is 0.408. The molecule has 1 unspecified atom stereocenters.